The highest BCUT2D eigenvalue weighted by atomic mass is 16.3. The van der Waals surface area contributed by atoms with Crippen LogP contribution >= 0.6 is 0 Å². The van der Waals surface area contributed by atoms with E-state index < -0.39 is 0 Å². The monoisotopic (exact) mass is 654 g/mol. The molecule has 8 aromatic carbocycles. The van der Waals surface area contributed by atoms with Crippen molar-refractivity contribution >= 4 is 65.4 Å². The lowest BCUT2D eigenvalue weighted by Gasteiger charge is -2.22. The second-order valence-electron chi connectivity index (χ2n) is 14.1. The number of furan rings is 1. The molecule has 1 nitrogen and oxygen atoms in total. The van der Waals surface area contributed by atoms with E-state index in [0.717, 1.165) is 43.3 Å². The van der Waals surface area contributed by atoms with Crippen LogP contribution in [0.1, 0.15) is 54.9 Å². The maximum atomic E-state index is 6.37. The zero-order valence-corrected chi connectivity index (χ0v) is 28.9. The Bertz CT molecular complexity index is 2830. The van der Waals surface area contributed by atoms with E-state index in [4.69, 9.17) is 4.42 Å². The molecule has 51 heavy (non-hydrogen) atoms. The zero-order valence-electron chi connectivity index (χ0n) is 28.9. The van der Waals surface area contributed by atoms with Gasteiger partial charge in [0.15, 0.2) is 0 Å². The van der Waals surface area contributed by atoms with Crippen LogP contribution in [0.2, 0.25) is 0 Å². The summed E-state index contributed by atoms with van der Waals surface area (Å²) in [5, 5.41) is 10.2. The van der Waals surface area contributed by atoms with E-state index in [-0.39, 0.29) is 0 Å². The standard InChI is InChI=1S/C50H38O/c1-2-32-31-45-39-21-7-6-16-34(39)28-29-41(45)38(33-14-4-3-5-15-33)20-9-8-19-37(32)35-17-10-18-36(30-35)40-22-11-23-42-43-24-12-26-46-49(43)50-44(48(40)42)25-13-27-47(50)51-46/h3-7,10-18,20-30H,2,8-9,19,31H2,1H3/b37-32?,38-20+. The second-order valence-corrected chi connectivity index (χ2v) is 14.1. The molecule has 0 amide bonds. The molecule has 0 spiro atoms. The highest BCUT2D eigenvalue weighted by molar-refractivity contribution is 6.34. The molecule has 0 fully saturated rings. The third-order valence-corrected chi connectivity index (χ3v) is 11.3. The predicted octanol–water partition coefficient (Wildman–Crippen LogP) is 14.2. The Kier molecular flexibility index (Phi) is 7.13. The Morgan fingerprint density at radius 3 is 2.04 bits per heavy atom. The fraction of sp³-hybridized carbons (Fsp3) is 0.120. The van der Waals surface area contributed by atoms with Crippen LogP contribution in [0.25, 0.3) is 76.5 Å². The predicted molar refractivity (Wildman–Crippen MR) is 218 cm³/mol. The van der Waals surface area contributed by atoms with Crippen molar-refractivity contribution in [3.05, 3.63) is 179 Å². The number of hydrogen-bond donors (Lipinski definition) is 0. The van der Waals surface area contributed by atoms with Crippen LogP contribution in [0.3, 0.4) is 0 Å². The molecule has 0 saturated carbocycles. The lowest BCUT2D eigenvalue weighted by Crippen LogP contribution is -2.04. The van der Waals surface area contributed by atoms with Gasteiger partial charge in [-0.05, 0) is 127 Å². The van der Waals surface area contributed by atoms with Crippen LogP contribution < -0.4 is 0 Å². The first-order chi connectivity index (χ1) is 25.3. The van der Waals surface area contributed by atoms with E-state index in [1.54, 1.807) is 0 Å². The molecule has 0 bridgehead atoms. The number of rotatable bonds is 4. The smallest absolute Gasteiger partial charge is 0.136 e. The topological polar surface area (TPSA) is 13.1 Å². The molecular formula is C50H38O. The third kappa shape index (κ3) is 4.83. The van der Waals surface area contributed by atoms with Gasteiger partial charge in [0.2, 0.25) is 0 Å². The third-order valence-electron chi connectivity index (χ3n) is 11.3. The zero-order chi connectivity index (χ0) is 33.9. The minimum absolute atomic E-state index is 0.937. The van der Waals surface area contributed by atoms with Crippen molar-refractivity contribution in [1.82, 2.24) is 0 Å². The molecule has 9 aromatic rings. The van der Waals surface area contributed by atoms with Crippen molar-refractivity contribution < 1.29 is 4.42 Å². The Balaban J connectivity index is 1.16. The maximum absolute atomic E-state index is 6.37. The van der Waals surface area contributed by atoms with Gasteiger partial charge in [-0.1, -0.05) is 146 Å². The number of hydrogen-bond acceptors (Lipinski definition) is 1. The van der Waals surface area contributed by atoms with Crippen molar-refractivity contribution in [2.75, 3.05) is 0 Å². The van der Waals surface area contributed by atoms with Crippen molar-refractivity contribution in [2.24, 2.45) is 0 Å². The van der Waals surface area contributed by atoms with E-state index in [2.05, 4.69) is 159 Å². The molecule has 1 aliphatic rings. The first kappa shape index (κ1) is 29.9. The first-order valence-electron chi connectivity index (χ1n) is 18.4. The van der Waals surface area contributed by atoms with E-state index in [9.17, 15) is 0 Å². The number of fused-ring (bicyclic) bond motifs is 6. The first-order valence-corrected chi connectivity index (χ1v) is 18.4. The van der Waals surface area contributed by atoms with E-state index in [1.165, 1.54) is 93.2 Å². The minimum atomic E-state index is 0.937. The molecule has 1 heterocycles. The Labute approximate surface area is 298 Å². The summed E-state index contributed by atoms with van der Waals surface area (Å²) in [5.74, 6) is 0. The van der Waals surface area contributed by atoms with Crippen molar-refractivity contribution in [1.29, 1.82) is 0 Å². The highest BCUT2D eigenvalue weighted by Crippen LogP contribution is 2.46. The minimum Gasteiger partial charge on any atom is -0.456 e. The Morgan fingerprint density at radius 2 is 1.20 bits per heavy atom. The van der Waals surface area contributed by atoms with Gasteiger partial charge >= 0.3 is 0 Å². The van der Waals surface area contributed by atoms with E-state index in [1.807, 2.05) is 0 Å². The fourth-order valence-electron chi connectivity index (χ4n) is 8.97. The Morgan fingerprint density at radius 1 is 0.529 bits per heavy atom. The molecule has 1 aromatic heterocycles. The molecule has 0 unspecified atom stereocenters. The van der Waals surface area contributed by atoms with Crippen molar-refractivity contribution in [3.8, 4) is 11.1 Å². The van der Waals surface area contributed by atoms with Crippen LogP contribution in [0, 0.1) is 0 Å². The van der Waals surface area contributed by atoms with Crippen LogP contribution in [-0.2, 0) is 6.42 Å². The van der Waals surface area contributed by atoms with Gasteiger partial charge < -0.3 is 4.42 Å². The summed E-state index contributed by atoms with van der Waals surface area (Å²) in [6.07, 6.45) is 7.65. The fourth-order valence-corrected chi connectivity index (χ4v) is 8.97. The molecular weight excluding hydrogens is 617 g/mol. The van der Waals surface area contributed by atoms with Gasteiger partial charge in [0.1, 0.15) is 11.2 Å². The van der Waals surface area contributed by atoms with Crippen LogP contribution in [0.15, 0.2) is 162 Å². The molecule has 10 rings (SSSR count). The van der Waals surface area contributed by atoms with Crippen molar-refractivity contribution in [3.63, 3.8) is 0 Å². The normalized spacial score (nSPS) is 15.2. The quantitative estimate of drug-likeness (QED) is 0.172. The summed E-state index contributed by atoms with van der Waals surface area (Å²) in [6.45, 7) is 2.35. The average Bonchev–Trinajstić information content (AvgIpc) is 3.58. The van der Waals surface area contributed by atoms with Gasteiger partial charge in [-0.25, -0.2) is 0 Å². The van der Waals surface area contributed by atoms with Gasteiger partial charge in [-0.15, -0.1) is 0 Å². The highest BCUT2D eigenvalue weighted by Gasteiger charge is 2.21. The van der Waals surface area contributed by atoms with E-state index in [0.29, 0.717) is 0 Å². The summed E-state index contributed by atoms with van der Waals surface area (Å²) in [6, 6.07) is 53.8. The van der Waals surface area contributed by atoms with Gasteiger partial charge in [-0.2, -0.15) is 0 Å². The summed E-state index contributed by atoms with van der Waals surface area (Å²) in [4.78, 5) is 0. The lowest BCUT2D eigenvalue weighted by atomic mass is 9.82. The van der Waals surface area contributed by atoms with Gasteiger partial charge in [0, 0.05) is 10.8 Å². The molecule has 0 aliphatic heterocycles. The number of benzene rings is 8. The molecule has 1 aliphatic carbocycles. The lowest BCUT2D eigenvalue weighted by molar-refractivity contribution is 0.669. The average molecular weight is 655 g/mol. The molecule has 0 N–H and O–H groups in total. The van der Waals surface area contributed by atoms with Crippen LogP contribution in [0.4, 0.5) is 0 Å². The van der Waals surface area contributed by atoms with Gasteiger partial charge in [0.05, 0.1) is 0 Å². The Hall–Kier alpha value is -5.92. The SMILES string of the molecule is CCC1=C(c2cccc(-c3cccc4c5cccc6oc7cccc(c34)c7c65)c2)CCC/C=C(\c2ccccc2)c2ccc3ccccc3c2C1. The summed E-state index contributed by atoms with van der Waals surface area (Å²) >= 11 is 0. The molecule has 1 heteroatoms. The van der Waals surface area contributed by atoms with Crippen molar-refractivity contribution in [2.45, 2.75) is 39.0 Å². The van der Waals surface area contributed by atoms with Crippen LogP contribution in [-0.4, -0.2) is 0 Å². The summed E-state index contributed by atoms with van der Waals surface area (Å²) in [5.41, 5.74) is 14.3. The summed E-state index contributed by atoms with van der Waals surface area (Å²) in [7, 11) is 0. The van der Waals surface area contributed by atoms with Gasteiger partial charge in [-0.3, -0.25) is 0 Å². The molecule has 244 valence electrons. The summed E-state index contributed by atoms with van der Waals surface area (Å²) < 4.78 is 6.37. The molecule has 0 saturated heterocycles. The molecule has 0 radical (unpaired) electrons. The number of allylic oxidation sites excluding steroid dienone is 3. The largest absolute Gasteiger partial charge is 0.456 e. The van der Waals surface area contributed by atoms with E-state index >= 15 is 0 Å². The second kappa shape index (κ2) is 12.1. The van der Waals surface area contributed by atoms with Crippen LogP contribution in [0.5, 0.6) is 0 Å². The maximum Gasteiger partial charge on any atom is 0.136 e. The van der Waals surface area contributed by atoms with Gasteiger partial charge in [0.25, 0.3) is 0 Å². The molecule has 0 atom stereocenters.